The minimum absolute atomic E-state index is 0.801. The molecule has 2 rings (SSSR count). The van der Waals surface area contributed by atoms with Gasteiger partial charge in [-0.3, -0.25) is 9.36 Å². The summed E-state index contributed by atoms with van der Waals surface area (Å²) in [4.78, 5) is 0. The summed E-state index contributed by atoms with van der Waals surface area (Å²) in [6, 6.07) is 2.07. The smallest absolute Gasteiger partial charge is 0.0762 e. The van der Waals surface area contributed by atoms with Crippen LogP contribution in [0.2, 0.25) is 0 Å². The van der Waals surface area contributed by atoms with Gasteiger partial charge < -0.3 is 5.32 Å². The van der Waals surface area contributed by atoms with Gasteiger partial charge in [0, 0.05) is 44.1 Å². The average molecular weight is 261 g/mol. The van der Waals surface area contributed by atoms with Crippen LogP contribution in [-0.2, 0) is 26.2 Å². The second-order valence-corrected chi connectivity index (χ2v) is 4.79. The Balaban J connectivity index is 1.75. The summed E-state index contributed by atoms with van der Waals surface area (Å²) in [7, 11) is 0. The molecule has 5 nitrogen and oxygen atoms in total. The van der Waals surface area contributed by atoms with Gasteiger partial charge in [0.15, 0.2) is 0 Å². The van der Waals surface area contributed by atoms with Crippen LogP contribution in [0.3, 0.4) is 0 Å². The molecule has 0 saturated carbocycles. The third kappa shape index (κ3) is 4.21. The monoisotopic (exact) mass is 261 g/mol. The van der Waals surface area contributed by atoms with E-state index in [0.717, 1.165) is 44.7 Å². The van der Waals surface area contributed by atoms with E-state index in [1.54, 1.807) is 0 Å². The lowest BCUT2D eigenvalue weighted by Crippen LogP contribution is -2.13. The zero-order valence-electron chi connectivity index (χ0n) is 11.8. The predicted octanol–water partition coefficient (Wildman–Crippen LogP) is 2.19. The van der Waals surface area contributed by atoms with Crippen molar-refractivity contribution in [2.45, 2.75) is 52.9 Å². The van der Waals surface area contributed by atoms with Crippen LogP contribution in [0.5, 0.6) is 0 Å². The van der Waals surface area contributed by atoms with E-state index in [1.165, 1.54) is 5.56 Å². The number of hydrogen-bond donors (Lipinski definition) is 1. The summed E-state index contributed by atoms with van der Waals surface area (Å²) in [6.07, 6.45) is 8.30. The van der Waals surface area contributed by atoms with Crippen LogP contribution >= 0.6 is 0 Å². The number of nitrogens with zero attached hydrogens (tertiary/aromatic N) is 4. The van der Waals surface area contributed by atoms with E-state index in [-0.39, 0.29) is 0 Å². The van der Waals surface area contributed by atoms with Crippen molar-refractivity contribution in [2.75, 3.05) is 0 Å². The maximum atomic E-state index is 4.50. The highest BCUT2D eigenvalue weighted by molar-refractivity contribution is 5.04. The highest BCUT2D eigenvalue weighted by atomic mass is 15.3. The molecule has 0 aliphatic rings. The Morgan fingerprint density at radius 2 is 1.89 bits per heavy atom. The van der Waals surface area contributed by atoms with Gasteiger partial charge in [-0.15, -0.1) is 0 Å². The van der Waals surface area contributed by atoms with E-state index in [0.29, 0.717) is 0 Å². The van der Waals surface area contributed by atoms with Crippen molar-refractivity contribution < 1.29 is 0 Å². The van der Waals surface area contributed by atoms with Gasteiger partial charge in [0.05, 0.1) is 11.9 Å². The van der Waals surface area contributed by atoms with Gasteiger partial charge in [0.2, 0.25) is 0 Å². The molecule has 0 aliphatic heterocycles. The molecule has 1 N–H and O–H groups in total. The normalized spacial score (nSPS) is 11.1. The Labute approximate surface area is 114 Å². The summed E-state index contributed by atoms with van der Waals surface area (Å²) in [6.45, 7) is 7.94. The first-order valence-electron chi connectivity index (χ1n) is 7.06. The Kier molecular flexibility index (Phi) is 5.15. The van der Waals surface area contributed by atoms with Gasteiger partial charge in [-0.25, -0.2) is 0 Å². The standard InChI is InChI=1S/C14H23N5/c1-3-6-18-8-5-14(17-18)11-15-9-13-10-16-19(12-13)7-4-2/h5,8,10,12,15H,3-4,6-7,9,11H2,1-2H3. The maximum Gasteiger partial charge on any atom is 0.0762 e. The number of rotatable bonds is 8. The first-order valence-corrected chi connectivity index (χ1v) is 7.06. The molecule has 0 unspecified atom stereocenters. The van der Waals surface area contributed by atoms with Crippen LogP contribution in [0.25, 0.3) is 0 Å². The molecular weight excluding hydrogens is 238 g/mol. The quantitative estimate of drug-likeness (QED) is 0.792. The molecule has 0 atom stereocenters. The minimum atomic E-state index is 0.801. The highest BCUT2D eigenvalue weighted by Gasteiger charge is 2.00. The summed E-state index contributed by atoms with van der Waals surface area (Å²) in [5, 5.41) is 12.2. The third-order valence-electron chi connectivity index (χ3n) is 2.92. The first kappa shape index (κ1) is 13.8. The molecule has 5 heteroatoms. The van der Waals surface area contributed by atoms with Crippen molar-refractivity contribution in [3.63, 3.8) is 0 Å². The molecule has 0 bridgehead atoms. The molecular formula is C14H23N5. The zero-order valence-corrected chi connectivity index (χ0v) is 11.8. The zero-order chi connectivity index (χ0) is 13.5. The van der Waals surface area contributed by atoms with Crippen LogP contribution in [0, 0.1) is 0 Å². The van der Waals surface area contributed by atoms with Gasteiger partial charge in [-0.2, -0.15) is 10.2 Å². The number of nitrogens with one attached hydrogen (secondary N) is 1. The van der Waals surface area contributed by atoms with E-state index in [2.05, 4.69) is 41.6 Å². The number of hydrogen-bond acceptors (Lipinski definition) is 3. The van der Waals surface area contributed by atoms with Gasteiger partial charge in [-0.05, 0) is 18.9 Å². The van der Waals surface area contributed by atoms with Gasteiger partial charge >= 0.3 is 0 Å². The summed E-state index contributed by atoms with van der Waals surface area (Å²) >= 11 is 0. The first-order chi connectivity index (χ1) is 9.31. The van der Waals surface area contributed by atoms with Crippen LogP contribution < -0.4 is 5.32 Å². The Morgan fingerprint density at radius 1 is 1.11 bits per heavy atom. The molecule has 0 saturated heterocycles. The molecule has 0 spiro atoms. The Bertz CT molecular complexity index is 441. The molecule has 0 amide bonds. The largest absolute Gasteiger partial charge is 0.307 e. The summed E-state index contributed by atoms with van der Waals surface area (Å²) in [5.41, 5.74) is 2.32. The Morgan fingerprint density at radius 3 is 2.68 bits per heavy atom. The van der Waals surface area contributed by atoms with Gasteiger partial charge in [0.1, 0.15) is 0 Å². The topological polar surface area (TPSA) is 47.7 Å². The molecule has 0 radical (unpaired) electrons. The minimum Gasteiger partial charge on any atom is -0.307 e. The van der Waals surface area contributed by atoms with Crippen LogP contribution in [0.4, 0.5) is 0 Å². The molecule has 104 valence electrons. The molecule has 0 aromatic carbocycles. The van der Waals surface area contributed by atoms with Crippen LogP contribution in [-0.4, -0.2) is 19.6 Å². The van der Waals surface area contributed by atoms with Crippen molar-refractivity contribution in [1.82, 2.24) is 24.9 Å². The fourth-order valence-corrected chi connectivity index (χ4v) is 2.04. The molecule has 2 aromatic rings. The third-order valence-corrected chi connectivity index (χ3v) is 2.92. The molecule has 2 heterocycles. The number of aromatic nitrogens is 4. The fraction of sp³-hybridized carbons (Fsp3) is 0.571. The van der Waals surface area contributed by atoms with Crippen molar-refractivity contribution in [3.8, 4) is 0 Å². The van der Waals surface area contributed by atoms with E-state index >= 15 is 0 Å². The molecule has 19 heavy (non-hydrogen) atoms. The second kappa shape index (κ2) is 7.09. The highest BCUT2D eigenvalue weighted by Crippen LogP contribution is 2.00. The summed E-state index contributed by atoms with van der Waals surface area (Å²) < 4.78 is 3.99. The van der Waals surface area contributed by atoms with Crippen LogP contribution in [0.15, 0.2) is 24.7 Å². The van der Waals surface area contributed by atoms with Crippen molar-refractivity contribution >= 4 is 0 Å². The van der Waals surface area contributed by atoms with Gasteiger partial charge in [-0.1, -0.05) is 13.8 Å². The van der Waals surface area contributed by atoms with E-state index in [4.69, 9.17) is 0 Å². The molecule has 0 fully saturated rings. The van der Waals surface area contributed by atoms with Gasteiger partial charge in [0.25, 0.3) is 0 Å². The predicted molar refractivity (Wildman–Crippen MR) is 75.6 cm³/mol. The van der Waals surface area contributed by atoms with E-state index < -0.39 is 0 Å². The SMILES string of the molecule is CCCn1cc(CNCc2ccn(CCC)n2)cn1. The fourth-order valence-electron chi connectivity index (χ4n) is 2.04. The lowest BCUT2D eigenvalue weighted by atomic mass is 10.3. The second-order valence-electron chi connectivity index (χ2n) is 4.79. The van der Waals surface area contributed by atoms with Crippen molar-refractivity contribution in [2.24, 2.45) is 0 Å². The average Bonchev–Trinajstić information content (AvgIpc) is 3.01. The summed E-state index contributed by atoms with van der Waals surface area (Å²) in [5.74, 6) is 0. The molecule has 0 aliphatic carbocycles. The van der Waals surface area contributed by atoms with Crippen LogP contribution in [0.1, 0.15) is 37.9 Å². The van der Waals surface area contributed by atoms with E-state index in [1.807, 2.05) is 21.8 Å². The maximum absolute atomic E-state index is 4.50. The van der Waals surface area contributed by atoms with E-state index in [9.17, 15) is 0 Å². The Hall–Kier alpha value is -1.62. The molecule has 2 aromatic heterocycles. The lowest BCUT2D eigenvalue weighted by Gasteiger charge is -2.00. The number of aryl methyl sites for hydroxylation is 2. The van der Waals surface area contributed by atoms with Crippen molar-refractivity contribution in [3.05, 3.63) is 35.9 Å². The van der Waals surface area contributed by atoms with Crippen molar-refractivity contribution in [1.29, 1.82) is 0 Å². The lowest BCUT2D eigenvalue weighted by molar-refractivity contribution is 0.581.